The van der Waals surface area contributed by atoms with Gasteiger partial charge in [0.1, 0.15) is 16.9 Å². The highest BCUT2D eigenvalue weighted by Crippen LogP contribution is 2.31. The summed E-state index contributed by atoms with van der Waals surface area (Å²) in [6.45, 7) is 9.45. The number of unbranched alkanes of at least 4 members (excludes halogenated alkanes) is 2. The van der Waals surface area contributed by atoms with Crippen molar-refractivity contribution in [1.29, 1.82) is 0 Å². The van der Waals surface area contributed by atoms with Crippen molar-refractivity contribution in [1.82, 2.24) is 24.3 Å². The number of methoxy groups -OCH3 is 1. The lowest BCUT2D eigenvalue weighted by Crippen LogP contribution is -2.69. The standard InChI is InChI=1S/C27H39N7O2/c1-4-5-6-10-29-25-24-22(30-26(28)31-25)9-11-34(24)16-21-14-20(7-8-23(21)35-3)15-33-18-27(19-33)17-32(2)12-13-36-27/h7-9,11,14H,4-6,10,12-13,15-19H2,1-3H3,(H3,28,29,30,31). The van der Waals surface area contributed by atoms with Crippen molar-refractivity contribution in [3.8, 4) is 5.75 Å². The minimum Gasteiger partial charge on any atom is -0.496 e. The molecule has 194 valence electrons. The minimum atomic E-state index is 0.00866. The van der Waals surface area contributed by atoms with Crippen molar-refractivity contribution >= 4 is 22.8 Å². The van der Waals surface area contributed by atoms with Gasteiger partial charge in [-0.1, -0.05) is 25.8 Å². The van der Waals surface area contributed by atoms with Gasteiger partial charge in [-0.25, -0.2) is 4.98 Å². The summed E-state index contributed by atoms with van der Waals surface area (Å²) < 4.78 is 14.1. The van der Waals surface area contributed by atoms with Crippen LogP contribution in [0, 0.1) is 0 Å². The number of morpholine rings is 1. The first-order chi connectivity index (χ1) is 17.5. The molecule has 2 aliphatic heterocycles. The van der Waals surface area contributed by atoms with Gasteiger partial charge in [0.15, 0.2) is 5.82 Å². The third kappa shape index (κ3) is 5.28. The zero-order chi connectivity index (χ0) is 25.1. The fourth-order valence-corrected chi connectivity index (χ4v) is 5.56. The van der Waals surface area contributed by atoms with Crippen LogP contribution in [0.25, 0.3) is 11.0 Å². The fraction of sp³-hybridized carbons (Fsp3) is 0.556. The molecule has 9 nitrogen and oxygen atoms in total. The summed E-state index contributed by atoms with van der Waals surface area (Å²) in [4.78, 5) is 13.8. The molecule has 3 N–H and O–H groups in total. The molecule has 36 heavy (non-hydrogen) atoms. The van der Waals surface area contributed by atoms with Crippen molar-refractivity contribution in [2.45, 2.75) is 44.9 Å². The number of hydrogen-bond donors (Lipinski definition) is 2. The van der Waals surface area contributed by atoms with Crippen molar-refractivity contribution < 1.29 is 9.47 Å². The molecule has 1 spiro atoms. The molecule has 1 aromatic carbocycles. The highest BCUT2D eigenvalue weighted by Gasteiger charge is 2.46. The molecule has 5 rings (SSSR count). The molecule has 2 saturated heterocycles. The highest BCUT2D eigenvalue weighted by molar-refractivity contribution is 5.87. The maximum absolute atomic E-state index is 6.14. The van der Waals surface area contributed by atoms with E-state index in [9.17, 15) is 0 Å². The molecule has 0 amide bonds. The molecule has 0 aliphatic carbocycles. The van der Waals surface area contributed by atoms with Crippen LogP contribution in [0.1, 0.15) is 37.3 Å². The maximum Gasteiger partial charge on any atom is 0.222 e. The topological polar surface area (TPSA) is 93.7 Å². The second kappa shape index (κ2) is 10.6. The Morgan fingerprint density at radius 3 is 2.78 bits per heavy atom. The number of nitrogens with zero attached hydrogens (tertiary/aromatic N) is 5. The largest absolute Gasteiger partial charge is 0.496 e. The lowest BCUT2D eigenvalue weighted by Gasteiger charge is -2.53. The van der Waals surface area contributed by atoms with E-state index in [2.05, 4.69) is 68.0 Å². The maximum atomic E-state index is 6.14. The molecular formula is C27H39N7O2. The normalized spacial score (nSPS) is 18.0. The predicted molar refractivity (Wildman–Crippen MR) is 144 cm³/mol. The molecule has 0 unspecified atom stereocenters. The zero-order valence-electron chi connectivity index (χ0n) is 21.8. The molecule has 4 heterocycles. The van der Waals surface area contributed by atoms with Crippen molar-refractivity contribution in [3.63, 3.8) is 0 Å². The lowest BCUT2D eigenvalue weighted by atomic mass is 9.91. The Bertz CT molecular complexity index is 1190. The van der Waals surface area contributed by atoms with Crippen molar-refractivity contribution in [3.05, 3.63) is 41.6 Å². The van der Waals surface area contributed by atoms with Crippen LogP contribution in [-0.4, -0.2) is 83.4 Å². The van der Waals surface area contributed by atoms with Gasteiger partial charge >= 0.3 is 0 Å². The number of hydrogen-bond acceptors (Lipinski definition) is 8. The fourth-order valence-electron chi connectivity index (χ4n) is 5.56. The van der Waals surface area contributed by atoms with Crippen molar-refractivity contribution in [2.24, 2.45) is 0 Å². The van der Waals surface area contributed by atoms with E-state index in [1.807, 2.05) is 6.07 Å². The van der Waals surface area contributed by atoms with Gasteiger partial charge in [0.05, 0.1) is 25.8 Å². The quantitative estimate of drug-likeness (QED) is 0.416. The zero-order valence-corrected chi connectivity index (χ0v) is 21.8. The number of likely N-dealkylation sites (N-methyl/N-ethyl adjacent to an activating group) is 1. The highest BCUT2D eigenvalue weighted by atomic mass is 16.5. The molecule has 9 heteroatoms. The summed E-state index contributed by atoms with van der Waals surface area (Å²) in [5.74, 6) is 1.96. The first-order valence-corrected chi connectivity index (χ1v) is 13.1. The summed E-state index contributed by atoms with van der Waals surface area (Å²) in [6, 6.07) is 8.51. The third-order valence-corrected chi connectivity index (χ3v) is 7.26. The van der Waals surface area contributed by atoms with E-state index < -0.39 is 0 Å². The second-order valence-corrected chi connectivity index (χ2v) is 10.3. The molecular weight excluding hydrogens is 454 g/mol. The summed E-state index contributed by atoms with van der Waals surface area (Å²) in [5, 5.41) is 3.48. The second-order valence-electron chi connectivity index (χ2n) is 10.3. The average Bonchev–Trinajstić information content (AvgIpc) is 3.23. The molecule has 0 atom stereocenters. The third-order valence-electron chi connectivity index (χ3n) is 7.26. The van der Waals surface area contributed by atoms with E-state index in [0.29, 0.717) is 12.5 Å². The van der Waals surface area contributed by atoms with Gasteiger partial charge in [-0.05, 0) is 37.2 Å². The van der Waals surface area contributed by atoms with E-state index in [4.69, 9.17) is 15.2 Å². The SMILES string of the molecule is CCCCCNc1nc(N)nc2ccn(Cc3cc(CN4CC5(CN(C)CCO5)C4)ccc3OC)c12. The number of ether oxygens (including phenoxy) is 2. The van der Waals surface area contributed by atoms with E-state index in [-0.39, 0.29) is 5.60 Å². The predicted octanol–water partition coefficient (Wildman–Crippen LogP) is 3.19. The van der Waals surface area contributed by atoms with Gasteiger partial charge in [-0.3, -0.25) is 4.90 Å². The summed E-state index contributed by atoms with van der Waals surface area (Å²) in [5.41, 5.74) is 10.2. The minimum absolute atomic E-state index is 0.00866. The van der Waals surface area contributed by atoms with Crippen LogP contribution in [0.4, 0.5) is 11.8 Å². The molecule has 2 aromatic heterocycles. The summed E-state index contributed by atoms with van der Waals surface area (Å²) in [7, 11) is 3.91. The van der Waals surface area contributed by atoms with E-state index in [1.54, 1.807) is 7.11 Å². The van der Waals surface area contributed by atoms with Gasteiger partial charge in [-0.15, -0.1) is 0 Å². The van der Waals surface area contributed by atoms with Gasteiger partial charge in [0.2, 0.25) is 5.95 Å². The summed E-state index contributed by atoms with van der Waals surface area (Å²) >= 11 is 0. The number of likely N-dealkylation sites (tertiary alicyclic amines) is 1. The first kappa shape index (κ1) is 24.8. The Kier molecular flexibility index (Phi) is 7.32. The number of nitrogens with two attached hydrogens (primary N) is 1. The van der Waals surface area contributed by atoms with Gasteiger partial charge in [0.25, 0.3) is 0 Å². The molecule has 2 aliphatic rings. The van der Waals surface area contributed by atoms with Crippen LogP contribution < -0.4 is 15.8 Å². The van der Waals surface area contributed by atoms with Crippen LogP contribution in [0.2, 0.25) is 0 Å². The summed E-state index contributed by atoms with van der Waals surface area (Å²) in [6.07, 6.45) is 5.51. The number of fused-ring (bicyclic) bond motifs is 1. The number of aromatic nitrogens is 3. The molecule has 3 aromatic rings. The Morgan fingerprint density at radius 1 is 1.14 bits per heavy atom. The van der Waals surface area contributed by atoms with Gasteiger partial charge < -0.3 is 30.0 Å². The van der Waals surface area contributed by atoms with Crippen LogP contribution in [0.3, 0.4) is 0 Å². The Morgan fingerprint density at radius 2 is 2.00 bits per heavy atom. The van der Waals surface area contributed by atoms with Crippen LogP contribution in [-0.2, 0) is 17.8 Å². The van der Waals surface area contributed by atoms with Gasteiger partial charge in [-0.2, -0.15) is 4.98 Å². The number of rotatable bonds is 10. The average molecular weight is 494 g/mol. The molecule has 2 fully saturated rings. The van der Waals surface area contributed by atoms with E-state index in [0.717, 1.165) is 80.5 Å². The lowest BCUT2D eigenvalue weighted by molar-refractivity contribution is -0.182. The monoisotopic (exact) mass is 493 g/mol. The van der Waals surface area contributed by atoms with Crippen LogP contribution in [0.15, 0.2) is 30.5 Å². The van der Waals surface area contributed by atoms with Crippen molar-refractivity contribution in [2.75, 3.05) is 64.5 Å². The molecule has 0 bridgehead atoms. The molecule has 0 saturated carbocycles. The Balaban J connectivity index is 1.33. The number of anilines is 2. The first-order valence-electron chi connectivity index (χ1n) is 13.1. The Labute approximate surface area is 213 Å². The number of nitrogen functional groups attached to an aromatic ring is 1. The Hall–Kier alpha value is -2.88. The van der Waals surface area contributed by atoms with Crippen LogP contribution in [0.5, 0.6) is 5.75 Å². The number of benzene rings is 1. The molecule has 0 radical (unpaired) electrons. The van der Waals surface area contributed by atoms with E-state index in [1.165, 1.54) is 18.4 Å². The number of nitrogens with one attached hydrogen (secondary N) is 1. The van der Waals surface area contributed by atoms with E-state index >= 15 is 0 Å². The van der Waals surface area contributed by atoms with Crippen LogP contribution >= 0.6 is 0 Å². The van der Waals surface area contributed by atoms with Gasteiger partial charge in [0, 0.05) is 51.0 Å². The smallest absolute Gasteiger partial charge is 0.222 e.